The third kappa shape index (κ3) is 3.33. The van der Waals surface area contributed by atoms with E-state index < -0.39 is 0 Å². The predicted molar refractivity (Wildman–Crippen MR) is 86.0 cm³/mol. The Morgan fingerprint density at radius 2 is 1.30 bits per heavy atom. The quantitative estimate of drug-likeness (QED) is 0.751. The number of pyridine rings is 1. The molecule has 0 radical (unpaired) electrons. The molecule has 1 aromatic heterocycles. The minimum absolute atomic E-state index is 0.999. The Labute approximate surface area is 120 Å². The predicted octanol–water partition coefficient (Wildman–Crippen LogP) is 4.88. The minimum atomic E-state index is 0.999. The molecule has 0 aliphatic heterocycles. The highest BCUT2D eigenvalue weighted by Crippen LogP contribution is 2.15. The fourth-order valence-corrected chi connectivity index (χ4v) is 2.21. The van der Waals surface area contributed by atoms with Crippen LogP contribution >= 0.6 is 0 Å². The number of rotatable bonds is 4. The zero-order chi connectivity index (χ0) is 13.6. The van der Waals surface area contributed by atoms with Crippen LogP contribution in [-0.2, 0) is 0 Å². The molecule has 0 saturated carbocycles. The summed E-state index contributed by atoms with van der Waals surface area (Å²) in [4.78, 5) is 4.63. The van der Waals surface area contributed by atoms with E-state index in [2.05, 4.69) is 71.8 Å². The first-order chi connectivity index (χ1) is 9.90. The molecule has 2 aliphatic carbocycles. The summed E-state index contributed by atoms with van der Waals surface area (Å²) in [5.74, 6) is 0. The molecule has 20 heavy (non-hydrogen) atoms. The largest absolute Gasteiger partial charge is 0.249 e. The molecule has 3 rings (SSSR count). The van der Waals surface area contributed by atoms with Crippen LogP contribution in [0.25, 0.3) is 12.2 Å². The highest BCUT2D eigenvalue weighted by molar-refractivity contribution is 5.56. The van der Waals surface area contributed by atoms with Crippen molar-refractivity contribution in [3.8, 4) is 0 Å². The van der Waals surface area contributed by atoms with Crippen LogP contribution in [-0.4, -0.2) is 4.98 Å². The molecule has 0 spiro atoms. The molecule has 1 aromatic rings. The van der Waals surface area contributed by atoms with Crippen molar-refractivity contribution in [2.75, 3.05) is 0 Å². The number of allylic oxidation sites excluding steroid dienone is 10. The minimum Gasteiger partial charge on any atom is -0.249 e. The molecule has 0 N–H and O–H groups in total. The van der Waals surface area contributed by atoms with Crippen molar-refractivity contribution in [2.24, 2.45) is 0 Å². The molecule has 2 aliphatic rings. The Hall–Kier alpha value is -2.41. The molecule has 0 fully saturated rings. The smallest absolute Gasteiger partial charge is 0.0637 e. The molecule has 0 amide bonds. The molecule has 1 heteroatoms. The van der Waals surface area contributed by atoms with Crippen LogP contribution in [0.3, 0.4) is 0 Å². The van der Waals surface area contributed by atoms with E-state index in [1.165, 1.54) is 11.1 Å². The molecular formula is C19H17N. The lowest BCUT2D eigenvalue weighted by molar-refractivity contribution is 1.25. The van der Waals surface area contributed by atoms with Gasteiger partial charge in [0.15, 0.2) is 0 Å². The summed E-state index contributed by atoms with van der Waals surface area (Å²) in [6.45, 7) is 0. The van der Waals surface area contributed by atoms with Crippen LogP contribution in [0.5, 0.6) is 0 Å². The van der Waals surface area contributed by atoms with Gasteiger partial charge >= 0.3 is 0 Å². The van der Waals surface area contributed by atoms with E-state index in [1.807, 2.05) is 12.1 Å². The number of hydrogen-bond donors (Lipinski definition) is 0. The van der Waals surface area contributed by atoms with Crippen LogP contribution in [0, 0.1) is 0 Å². The maximum atomic E-state index is 4.63. The molecule has 0 bridgehead atoms. The van der Waals surface area contributed by atoms with Gasteiger partial charge in [-0.3, -0.25) is 0 Å². The van der Waals surface area contributed by atoms with E-state index in [0.29, 0.717) is 0 Å². The van der Waals surface area contributed by atoms with E-state index in [1.54, 1.807) is 0 Å². The van der Waals surface area contributed by atoms with E-state index in [9.17, 15) is 0 Å². The second kappa shape index (κ2) is 6.16. The molecular weight excluding hydrogens is 242 g/mol. The molecule has 0 unspecified atom stereocenters. The second-order valence-electron chi connectivity index (χ2n) is 4.90. The van der Waals surface area contributed by atoms with Gasteiger partial charge in [0.05, 0.1) is 11.4 Å². The summed E-state index contributed by atoms with van der Waals surface area (Å²) in [6, 6.07) is 6.12. The average Bonchev–Trinajstić information content (AvgIpc) is 3.17. The summed E-state index contributed by atoms with van der Waals surface area (Å²) in [7, 11) is 0. The van der Waals surface area contributed by atoms with Crippen molar-refractivity contribution in [2.45, 2.75) is 12.8 Å². The van der Waals surface area contributed by atoms with Crippen LogP contribution in [0.15, 0.2) is 78.0 Å². The van der Waals surface area contributed by atoms with Crippen LogP contribution in [0.2, 0.25) is 0 Å². The van der Waals surface area contributed by atoms with Crippen molar-refractivity contribution in [3.05, 3.63) is 89.3 Å². The van der Waals surface area contributed by atoms with E-state index >= 15 is 0 Å². The highest BCUT2D eigenvalue weighted by Gasteiger charge is 1.97. The van der Waals surface area contributed by atoms with Crippen molar-refractivity contribution < 1.29 is 0 Å². The van der Waals surface area contributed by atoms with Gasteiger partial charge in [-0.1, -0.05) is 54.7 Å². The average molecular weight is 259 g/mol. The lowest BCUT2D eigenvalue weighted by Crippen LogP contribution is -1.85. The summed E-state index contributed by atoms with van der Waals surface area (Å²) in [6.07, 6.45) is 23.3. The standard InChI is InChI=1S/C19H17N/c1-2-7-16(6-1)12-14-18-10-5-11-19(20-18)15-13-17-8-3-4-9-17/h1-6,8,10-15H,7,9H2/b14-12-,15-13-. The topological polar surface area (TPSA) is 12.9 Å². The summed E-state index contributed by atoms with van der Waals surface area (Å²) < 4.78 is 0. The first-order valence-corrected chi connectivity index (χ1v) is 6.95. The first kappa shape index (κ1) is 12.6. The fraction of sp³-hybridized carbons (Fsp3) is 0.105. The van der Waals surface area contributed by atoms with Gasteiger partial charge in [0.1, 0.15) is 0 Å². The molecule has 0 saturated heterocycles. The summed E-state index contributed by atoms with van der Waals surface area (Å²) >= 11 is 0. The van der Waals surface area contributed by atoms with Gasteiger partial charge in [-0.25, -0.2) is 4.98 Å². The maximum absolute atomic E-state index is 4.63. The number of hydrogen-bond acceptors (Lipinski definition) is 1. The van der Waals surface area contributed by atoms with E-state index in [4.69, 9.17) is 0 Å². The van der Waals surface area contributed by atoms with Gasteiger partial charge in [0, 0.05) is 0 Å². The van der Waals surface area contributed by atoms with Crippen LogP contribution < -0.4 is 0 Å². The van der Waals surface area contributed by atoms with Crippen molar-refractivity contribution >= 4 is 12.2 Å². The van der Waals surface area contributed by atoms with Crippen LogP contribution in [0.1, 0.15) is 24.2 Å². The zero-order valence-electron chi connectivity index (χ0n) is 11.4. The molecule has 0 atom stereocenters. The number of aromatic nitrogens is 1. The van der Waals surface area contributed by atoms with Crippen molar-refractivity contribution in [1.82, 2.24) is 4.98 Å². The summed E-state index contributed by atoms with van der Waals surface area (Å²) in [5, 5.41) is 0. The maximum Gasteiger partial charge on any atom is 0.0637 e. The first-order valence-electron chi connectivity index (χ1n) is 6.95. The molecule has 0 aromatic carbocycles. The Morgan fingerprint density at radius 3 is 1.75 bits per heavy atom. The Balaban J connectivity index is 1.69. The SMILES string of the molecule is C1=CCC(/C=C\c2cccc(/C=C\C3=CC=CC3)n2)=C1. The van der Waals surface area contributed by atoms with Crippen LogP contribution in [0.4, 0.5) is 0 Å². The monoisotopic (exact) mass is 259 g/mol. The van der Waals surface area contributed by atoms with E-state index in [0.717, 1.165) is 24.2 Å². The van der Waals surface area contributed by atoms with Gasteiger partial charge in [-0.15, -0.1) is 0 Å². The van der Waals surface area contributed by atoms with Crippen molar-refractivity contribution in [1.29, 1.82) is 0 Å². The lowest BCUT2D eigenvalue weighted by Gasteiger charge is -1.97. The third-order valence-electron chi connectivity index (χ3n) is 3.33. The van der Waals surface area contributed by atoms with E-state index in [-0.39, 0.29) is 0 Å². The molecule has 98 valence electrons. The van der Waals surface area contributed by atoms with Gasteiger partial charge in [0.25, 0.3) is 0 Å². The third-order valence-corrected chi connectivity index (χ3v) is 3.33. The normalized spacial score (nSPS) is 17.4. The Bertz CT molecular complexity index is 612. The number of nitrogens with zero attached hydrogens (tertiary/aromatic N) is 1. The van der Waals surface area contributed by atoms with Gasteiger partial charge in [-0.05, 0) is 48.3 Å². The Morgan fingerprint density at radius 1 is 0.750 bits per heavy atom. The Kier molecular flexibility index (Phi) is 3.88. The van der Waals surface area contributed by atoms with Gasteiger partial charge < -0.3 is 0 Å². The fourth-order valence-electron chi connectivity index (χ4n) is 2.21. The second-order valence-corrected chi connectivity index (χ2v) is 4.90. The molecule has 1 nitrogen and oxygen atoms in total. The van der Waals surface area contributed by atoms with Gasteiger partial charge in [-0.2, -0.15) is 0 Å². The summed E-state index contributed by atoms with van der Waals surface area (Å²) in [5.41, 5.74) is 4.65. The lowest BCUT2D eigenvalue weighted by atomic mass is 10.2. The molecule has 1 heterocycles. The highest BCUT2D eigenvalue weighted by atomic mass is 14.7. The van der Waals surface area contributed by atoms with Gasteiger partial charge in [0.2, 0.25) is 0 Å². The zero-order valence-corrected chi connectivity index (χ0v) is 11.4. The van der Waals surface area contributed by atoms with Crippen molar-refractivity contribution in [3.63, 3.8) is 0 Å².